The van der Waals surface area contributed by atoms with Gasteiger partial charge in [0.25, 0.3) is 0 Å². The quantitative estimate of drug-likeness (QED) is 0.139. The van der Waals surface area contributed by atoms with E-state index in [-0.39, 0.29) is 18.7 Å². The van der Waals surface area contributed by atoms with Crippen LogP contribution in [0, 0.1) is 5.92 Å². The molecule has 25 heteroatoms. The van der Waals surface area contributed by atoms with Crippen LogP contribution in [0.25, 0.3) is 0 Å². The van der Waals surface area contributed by atoms with Gasteiger partial charge in [0.15, 0.2) is 0 Å². The van der Waals surface area contributed by atoms with Gasteiger partial charge >= 0.3 is 42.4 Å². The zero-order chi connectivity index (χ0) is 45.8. The Balaban J connectivity index is 0. The molecule has 1 aromatic carbocycles. The van der Waals surface area contributed by atoms with E-state index < -0.39 is 83.9 Å². The first kappa shape index (κ1) is 54.9. The van der Waals surface area contributed by atoms with Gasteiger partial charge in [-0.15, -0.1) is 0 Å². The summed E-state index contributed by atoms with van der Waals surface area (Å²) in [5, 5.41) is 35.9. The first-order chi connectivity index (χ1) is 26.2. The maximum absolute atomic E-state index is 14.6. The second-order valence-corrected chi connectivity index (χ2v) is 12.8. The molecule has 332 valence electrons. The summed E-state index contributed by atoms with van der Waals surface area (Å²) >= 11 is 0. The minimum Gasteiger partial charge on any atom is -0.481 e. The van der Waals surface area contributed by atoms with Crippen LogP contribution in [0.15, 0.2) is 30.3 Å². The number of carboxylic acid groups (broad SMARTS) is 4. The van der Waals surface area contributed by atoms with Crippen molar-refractivity contribution in [3.05, 3.63) is 35.9 Å². The van der Waals surface area contributed by atoms with Gasteiger partial charge in [-0.1, -0.05) is 50.1 Å². The number of nitrogens with one attached hydrogen (secondary N) is 2. The summed E-state index contributed by atoms with van der Waals surface area (Å²) in [7, 11) is 0. The third-order valence-corrected chi connectivity index (χ3v) is 7.30. The molecule has 1 aromatic rings. The van der Waals surface area contributed by atoms with Crippen molar-refractivity contribution < 1.29 is 97.9 Å². The molecule has 0 aromatic heterocycles. The largest absolute Gasteiger partial charge is 0.490 e. The van der Waals surface area contributed by atoms with Gasteiger partial charge in [0.1, 0.15) is 17.8 Å². The lowest BCUT2D eigenvalue weighted by Crippen LogP contribution is -2.58. The van der Waals surface area contributed by atoms with Crippen LogP contribution < -0.4 is 16.4 Å². The van der Waals surface area contributed by atoms with E-state index in [0.29, 0.717) is 38.8 Å². The molecule has 0 spiro atoms. The average molecular weight is 863 g/mol. The second-order valence-electron chi connectivity index (χ2n) is 12.8. The number of unbranched alkanes of at least 4 members (excludes halogenated alkanes) is 1. The van der Waals surface area contributed by atoms with Gasteiger partial charge in [-0.3, -0.25) is 19.2 Å². The number of rotatable bonds is 13. The highest BCUT2D eigenvalue weighted by molar-refractivity contribution is 5.93. The van der Waals surface area contributed by atoms with Crippen LogP contribution >= 0.6 is 0 Å². The molecule has 2 rings (SSSR count). The minimum absolute atomic E-state index is 0.254. The number of halogens is 10. The SMILES string of the molecule is CCCCC(NC(=O)[C@@H](CC(C)(C)F)NC(=O)[C@H](N)Cc1ccccc1)C(=O)N1CCC(C(=O)O)CC1.O=C(O)C(F)(F)F.O=C(O)C(F)(F)F.O=C(O)C(F)(F)F. The van der Waals surface area contributed by atoms with Gasteiger partial charge in [-0.25, -0.2) is 18.8 Å². The third-order valence-electron chi connectivity index (χ3n) is 7.30. The van der Waals surface area contributed by atoms with Crippen LogP contribution in [0.3, 0.4) is 0 Å². The molecule has 1 saturated heterocycles. The Hall–Kier alpha value is -5.23. The number of benzene rings is 1. The normalized spacial score (nSPS) is 14.9. The van der Waals surface area contributed by atoms with Crippen molar-refractivity contribution >= 4 is 41.6 Å². The van der Waals surface area contributed by atoms with E-state index in [2.05, 4.69) is 10.6 Å². The number of alkyl halides is 10. The fourth-order valence-corrected chi connectivity index (χ4v) is 4.44. The Kier molecular flexibility index (Phi) is 23.2. The summed E-state index contributed by atoms with van der Waals surface area (Å²) in [6, 6.07) is 6.19. The Morgan fingerprint density at radius 2 is 1.12 bits per heavy atom. The molecular weight excluding hydrogens is 818 g/mol. The predicted octanol–water partition coefficient (Wildman–Crippen LogP) is 4.08. The molecule has 0 saturated carbocycles. The molecule has 3 atom stereocenters. The fourth-order valence-electron chi connectivity index (χ4n) is 4.44. The lowest BCUT2D eigenvalue weighted by atomic mass is 9.96. The van der Waals surface area contributed by atoms with Crippen molar-refractivity contribution in [3.8, 4) is 0 Å². The van der Waals surface area contributed by atoms with Gasteiger partial charge in [0, 0.05) is 19.5 Å². The number of likely N-dealkylation sites (tertiary alicyclic amines) is 1. The number of hydrogen-bond acceptors (Lipinski definition) is 8. The first-order valence-electron chi connectivity index (χ1n) is 16.8. The summed E-state index contributed by atoms with van der Waals surface area (Å²) in [4.78, 5) is 78.8. The Bertz CT molecular complexity index is 1440. The summed E-state index contributed by atoms with van der Waals surface area (Å²) < 4.78 is 110. The monoisotopic (exact) mass is 862 g/mol. The van der Waals surface area contributed by atoms with Crippen molar-refractivity contribution in [2.24, 2.45) is 11.7 Å². The summed E-state index contributed by atoms with van der Waals surface area (Å²) in [6.07, 6.45) is -12.7. The van der Waals surface area contributed by atoms with Gasteiger partial charge in [0.2, 0.25) is 17.7 Å². The molecule has 58 heavy (non-hydrogen) atoms. The standard InChI is InChI=1S/C27H41FN4O5.3C2HF3O2/c1-4-5-11-21(25(35)32-14-12-19(13-15-32)26(36)37)30-24(34)22(17-27(2,3)28)31-23(33)20(29)16-18-9-7-6-8-10-18;3*3-2(4,5)1(6)7/h6-10,19-22H,4-5,11-17,29H2,1-3H3,(H,30,34)(H,31,33)(H,36,37);3*(H,6,7)/t20-,21?,22-;;;/m1.../s1. The van der Waals surface area contributed by atoms with Crippen LogP contribution in [0.4, 0.5) is 43.9 Å². The third kappa shape index (κ3) is 24.4. The number of piperidine rings is 1. The van der Waals surface area contributed by atoms with E-state index in [0.717, 1.165) is 12.0 Å². The number of hydrogen-bond donors (Lipinski definition) is 7. The van der Waals surface area contributed by atoms with E-state index in [1.807, 2.05) is 37.3 Å². The fraction of sp³-hybridized carbons (Fsp3) is 0.606. The molecule has 0 bridgehead atoms. The lowest BCUT2D eigenvalue weighted by Gasteiger charge is -2.34. The van der Waals surface area contributed by atoms with Crippen molar-refractivity contribution in [2.75, 3.05) is 13.1 Å². The number of nitrogens with two attached hydrogens (primary N) is 1. The average Bonchev–Trinajstić information content (AvgIpc) is 3.08. The van der Waals surface area contributed by atoms with Gasteiger partial charge in [0.05, 0.1) is 12.0 Å². The van der Waals surface area contributed by atoms with Crippen molar-refractivity contribution in [1.82, 2.24) is 15.5 Å². The summed E-state index contributed by atoms with van der Waals surface area (Å²) in [6.45, 7) is 5.18. The second kappa shape index (κ2) is 24.5. The molecule has 1 aliphatic rings. The number of carbonyl (C=O) groups excluding carboxylic acids is 3. The number of carboxylic acids is 4. The van der Waals surface area contributed by atoms with Gasteiger partial charge in [-0.2, -0.15) is 39.5 Å². The summed E-state index contributed by atoms with van der Waals surface area (Å²) in [5.74, 6) is -11.2. The number of aliphatic carboxylic acids is 4. The molecule has 1 aliphatic heterocycles. The van der Waals surface area contributed by atoms with E-state index in [1.54, 1.807) is 4.90 Å². The Morgan fingerprint density at radius 3 is 1.47 bits per heavy atom. The molecule has 15 nitrogen and oxygen atoms in total. The van der Waals surface area contributed by atoms with Gasteiger partial charge in [-0.05, 0) is 45.1 Å². The first-order valence-corrected chi connectivity index (χ1v) is 16.8. The van der Waals surface area contributed by atoms with Crippen LogP contribution in [0.5, 0.6) is 0 Å². The minimum atomic E-state index is -5.08. The zero-order valence-corrected chi connectivity index (χ0v) is 31.0. The molecule has 1 unspecified atom stereocenters. The topological polar surface area (TPSA) is 254 Å². The maximum atomic E-state index is 14.6. The zero-order valence-electron chi connectivity index (χ0n) is 31.0. The van der Waals surface area contributed by atoms with E-state index in [1.165, 1.54) is 13.8 Å². The van der Waals surface area contributed by atoms with Crippen molar-refractivity contribution in [2.45, 2.75) is 108 Å². The Labute approximate surface area is 323 Å². The van der Waals surface area contributed by atoms with E-state index in [4.69, 9.17) is 35.4 Å². The highest BCUT2D eigenvalue weighted by Gasteiger charge is 2.40. The highest BCUT2D eigenvalue weighted by Crippen LogP contribution is 2.21. The lowest BCUT2D eigenvalue weighted by molar-refractivity contribution is -0.193. The van der Waals surface area contributed by atoms with Crippen LogP contribution in [-0.4, -0.2) is 122 Å². The van der Waals surface area contributed by atoms with Crippen molar-refractivity contribution in [3.63, 3.8) is 0 Å². The molecule has 0 radical (unpaired) electrons. The molecule has 8 N–H and O–H groups in total. The molecule has 1 fully saturated rings. The maximum Gasteiger partial charge on any atom is 0.490 e. The van der Waals surface area contributed by atoms with E-state index in [9.17, 15) is 68.2 Å². The van der Waals surface area contributed by atoms with Gasteiger partial charge < -0.3 is 41.7 Å². The van der Waals surface area contributed by atoms with Crippen molar-refractivity contribution in [1.29, 1.82) is 0 Å². The van der Waals surface area contributed by atoms with Crippen LogP contribution in [-0.2, 0) is 40.0 Å². The molecular formula is C33H44F10N4O11. The predicted molar refractivity (Wildman–Crippen MR) is 179 cm³/mol. The number of carbonyl (C=O) groups is 7. The summed E-state index contributed by atoms with van der Waals surface area (Å²) in [5.41, 5.74) is 5.16. The number of amides is 3. The smallest absolute Gasteiger partial charge is 0.481 e. The molecule has 3 amide bonds. The van der Waals surface area contributed by atoms with Crippen LogP contribution in [0.1, 0.15) is 64.9 Å². The Morgan fingerprint density at radius 1 is 0.724 bits per heavy atom. The molecule has 1 heterocycles. The highest BCUT2D eigenvalue weighted by atomic mass is 19.4. The number of nitrogens with zero attached hydrogens (tertiary/aromatic N) is 1. The van der Waals surface area contributed by atoms with E-state index >= 15 is 0 Å². The van der Waals surface area contributed by atoms with Crippen LogP contribution in [0.2, 0.25) is 0 Å². The molecule has 0 aliphatic carbocycles.